The minimum absolute atomic E-state index is 0.288. The van der Waals surface area contributed by atoms with Gasteiger partial charge in [-0.2, -0.15) is 0 Å². The van der Waals surface area contributed by atoms with E-state index in [0.717, 1.165) is 79.6 Å². The molecule has 6 nitrogen and oxygen atoms in total. The van der Waals surface area contributed by atoms with Crippen LogP contribution in [0.25, 0.3) is 0 Å². The van der Waals surface area contributed by atoms with Crippen LogP contribution in [0.3, 0.4) is 0 Å². The van der Waals surface area contributed by atoms with Gasteiger partial charge < -0.3 is 28.4 Å². The van der Waals surface area contributed by atoms with Gasteiger partial charge in [0.25, 0.3) is 0 Å². The van der Waals surface area contributed by atoms with E-state index in [2.05, 4.69) is 52.8 Å². The Balaban J connectivity index is 2.12. The van der Waals surface area contributed by atoms with E-state index in [4.69, 9.17) is 28.4 Å². The highest BCUT2D eigenvalue weighted by Gasteiger charge is 2.49. The van der Waals surface area contributed by atoms with E-state index in [1.165, 1.54) is 0 Å². The predicted molar refractivity (Wildman–Crippen MR) is 204 cm³/mol. The number of benzene rings is 2. The third kappa shape index (κ3) is 13.9. The van der Waals surface area contributed by atoms with Crippen molar-refractivity contribution in [3.8, 4) is 5.75 Å². The van der Waals surface area contributed by atoms with E-state index in [9.17, 15) is 0 Å². The summed E-state index contributed by atoms with van der Waals surface area (Å²) in [4.78, 5) is 2.18. The highest BCUT2D eigenvalue weighted by Crippen LogP contribution is 2.43. The first-order valence-corrected chi connectivity index (χ1v) is 20.2. The van der Waals surface area contributed by atoms with Gasteiger partial charge in [-0.1, -0.05) is 103 Å². The number of hydrogen-bond acceptors (Lipinski definition) is 7. The van der Waals surface area contributed by atoms with Crippen molar-refractivity contribution in [1.82, 2.24) is 0 Å². The molecule has 50 heavy (non-hydrogen) atoms. The zero-order valence-electron chi connectivity index (χ0n) is 31.8. The fourth-order valence-electron chi connectivity index (χ4n) is 5.86. The zero-order chi connectivity index (χ0) is 36.0. The second-order valence-electron chi connectivity index (χ2n) is 13.1. The van der Waals surface area contributed by atoms with Crippen molar-refractivity contribution >= 4 is 11.8 Å². The second-order valence-corrected chi connectivity index (χ2v) is 14.3. The molecule has 1 saturated heterocycles. The van der Waals surface area contributed by atoms with Crippen molar-refractivity contribution in [2.75, 3.05) is 39.6 Å². The molecular weight excluding hydrogens is 652 g/mol. The average Bonchev–Trinajstić information content (AvgIpc) is 3.12. The Morgan fingerprint density at radius 2 is 1.32 bits per heavy atom. The van der Waals surface area contributed by atoms with Gasteiger partial charge in [0.15, 0.2) is 0 Å². The molecular formula is C42H65FO6S. The van der Waals surface area contributed by atoms with Gasteiger partial charge in [-0.3, -0.25) is 0 Å². The Bertz CT molecular complexity index is 1210. The summed E-state index contributed by atoms with van der Waals surface area (Å²) in [5, 5.41) is 0. The van der Waals surface area contributed by atoms with Crippen LogP contribution in [0.5, 0.6) is 5.75 Å². The molecule has 0 spiro atoms. The molecule has 1 aliphatic heterocycles. The molecule has 3 rings (SSSR count). The SMILES string of the molecule is C/C=C(/Cc1cc([C@@H]2O[C@H](COCCCC)[C@@H](OCCCC)C(OCCCC)[C@H]2OCCCC)c(OCCCC)cc1F)Sc1ccccc1. The largest absolute Gasteiger partial charge is 0.493 e. The third-order valence-electron chi connectivity index (χ3n) is 8.90. The highest BCUT2D eigenvalue weighted by molar-refractivity contribution is 8.03. The molecule has 0 N–H and O–H groups in total. The summed E-state index contributed by atoms with van der Waals surface area (Å²) in [7, 11) is 0. The highest BCUT2D eigenvalue weighted by atomic mass is 32.2. The van der Waals surface area contributed by atoms with Gasteiger partial charge in [-0.25, -0.2) is 4.39 Å². The molecule has 2 aromatic rings. The molecule has 282 valence electrons. The number of thioether (sulfide) groups is 1. The van der Waals surface area contributed by atoms with Gasteiger partial charge >= 0.3 is 0 Å². The normalized spacial score (nSPS) is 21.1. The van der Waals surface area contributed by atoms with Gasteiger partial charge in [0.05, 0.1) is 13.2 Å². The van der Waals surface area contributed by atoms with Crippen LogP contribution in [0.4, 0.5) is 4.39 Å². The van der Waals surface area contributed by atoms with Crippen molar-refractivity contribution < 1.29 is 32.8 Å². The lowest BCUT2D eigenvalue weighted by atomic mass is 9.89. The molecule has 1 fully saturated rings. The maximum atomic E-state index is 16.1. The minimum atomic E-state index is -0.573. The van der Waals surface area contributed by atoms with Crippen LogP contribution in [-0.2, 0) is 30.1 Å². The van der Waals surface area contributed by atoms with Crippen molar-refractivity contribution in [1.29, 1.82) is 0 Å². The van der Waals surface area contributed by atoms with Crippen LogP contribution in [0.1, 0.15) is 123 Å². The first-order chi connectivity index (χ1) is 24.5. The van der Waals surface area contributed by atoms with Crippen molar-refractivity contribution in [2.45, 2.75) is 148 Å². The lowest BCUT2D eigenvalue weighted by Crippen LogP contribution is -2.58. The molecule has 5 atom stereocenters. The summed E-state index contributed by atoms with van der Waals surface area (Å²) in [5.74, 6) is 0.207. The molecule has 0 amide bonds. The van der Waals surface area contributed by atoms with Gasteiger partial charge in [0, 0.05) is 49.4 Å². The van der Waals surface area contributed by atoms with Gasteiger partial charge in [-0.05, 0) is 67.7 Å². The fraction of sp³-hybridized carbons (Fsp3) is 0.667. The first kappa shape index (κ1) is 42.5. The predicted octanol–water partition coefficient (Wildman–Crippen LogP) is 11.1. The zero-order valence-corrected chi connectivity index (χ0v) is 32.6. The minimum Gasteiger partial charge on any atom is -0.493 e. The lowest BCUT2D eigenvalue weighted by molar-refractivity contribution is -0.268. The molecule has 0 radical (unpaired) electrons. The van der Waals surface area contributed by atoms with Gasteiger partial charge in [0.1, 0.15) is 42.1 Å². The second kappa shape index (κ2) is 25.1. The quantitative estimate of drug-likeness (QED) is 0.0709. The van der Waals surface area contributed by atoms with E-state index < -0.39 is 24.4 Å². The third-order valence-corrected chi connectivity index (χ3v) is 10.1. The number of unbranched alkanes of at least 4 members (excludes halogenated alkanes) is 5. The molecule has 2 aromatic carbocycles. The van der Waals surface area contributed by atoms with Crippen molar-refractivity contribution in [2.24, 2.45) is 0 Å². The van der Waals surface area contributed by atoms with Crippen molar-refractivity contribution in [3.63, 3.8) is 0 Å². The average molecular weight is 717 g/mol. The molecule has 0 bridgehead atoms. The number of rotatable bonds is 26. The Morgan fingerprint density at radius 3 is 1.94 bits per heavy atom. The van der Waals surface area contributed by atoms with E-state index >= 15 is 4.39 Å². The van der Waals surface area contributed by atoms with E-state index in [-0.39, 0.29) is 11.9 Å². The topological polar surface area (TPSA) is 55.4 Å². The first-order valence-electron chi connectivity index (χ1n) is 19.4. The summed E-state index contributed by atoms with van der Waals surface area (Å²) < 4.78 is 55.8. The van der Waals surface area contributed by atoms with Crippen LogP contribution < -0.4 is 4.74 Å². The monoisotopic (exact) mass is 716 g/mol. The lowest BCUT2D eigenvalue weighted by Gasteiger charge is -2.46. The maximum Gasteiger partial charge on any atom is 0.130 e. The van der Waals surface area contributed by atoms with Crippen LogP contribution in [0.2, 0.25) is 0 Å². The van der Waals surface area contributed by atoms with Gasteiger partial charge in [0.2, 0.25) is 0 Å². The number of halogens is 1. The standard InChI is InChI=1S/C42H65FO6S/c1-7-13-23-44-31-38-40(46-25-15-9-3)42(48-27-17-11-5)41(47-26-16-10-4)39(49-38)35-29-32(36(43)30-37(35)45-24-14-8-2)28-33(12-6)50-34-21-19-18-20-22-34/h12,18-22,29-30,38-42H,7-11,13-17,23-28,31H2,1-6H3/b33-12-/t38-,39+,40-,41+,42?/m1/s1. The Hall–Kier alpha value is -1.94. The summed E-state index contributed by atoms with van der Waals surface area (Å²) in [5.41, 5.74) is 1.38. The summed E-state index contributed by atoms with van der Waals surface area (Å²) in [6.45, 7) is 16.1. The molecule has 1 heterocycles. The molecule has 1 unspecified atom stereocenters. The summed E-state index contributed by atoms with van der Waals surface area (Å²) in [6, 6.07) is 13.7. The Morgan fingerprint density at radius 1 is 0.740 bits per heavy atom. The number of ether oxygens (including phenoxy) is 6. The van der Waals surface area contributed by atoms with Gasteiger partial charge in [-0.15, -0.1) is 0 Å². The number of hydrogen-bond donors (Lipinski definition) is 0. The van der Waals surface area contributed by atoms with Crippen LogP contribution in [0.15, 0.2) is 58.3 Å². The van der Waals surface area contributed by atoms with Crippen molar-refractivity contribution in [3.05, 3.63) is 70.4 Å². The molecule has 8 heteroatoms. The number of allylic oxidation sites excluding steroid dienone is 2. The smallest absolute Gasteiger partial charge is 0.130 e. The molecule has 0 aliphatic carbocycles. The maximum absolute atomic E-state index is 16.1. The van der Waals surface area contributed by atoms with Crippen LogP contribution in [-0.4, -0.2) is 64.1 Å². The Labute approximate surface area is 307 Å². The van der Waals surface area contributed by atoms with E-state index in [1.807, 2.05) is 31.2 Å². The van der Waals surface area contributed by atoms with E-state index in [1.54, 1.807) is 17.8 Å². The van der Waals surface area contributed by atoms with E-state index in [0.29, 0.717) is 57.4 Å². The molecule has 1 aliphatic rings. The van der Waals surface area contributed by atoms with Crippen LogP contribution in [0, 0.1) is 5.82 Å². The summed E-state index contributed by atoms with van der Waals surface area (Å²) in [6.07, 6.45) is 9.98. The summed E-state index contributed by atoms with van der Waals surface area (Å²) >= 11 is 1.66. The molecule has 0 aromatic heterocycles. The Kier molecular flexibility index (Phi) is 21.3. The van der Waals surface area contributed by atoms with Crippen LogP contribution >= 0.6 is 11.8 Å². The molecule has 0 saturated carbocycles. The fourth-order valence-corrected chi connectivity index (χ4v) is 6.80.